The Morgan fingerprint density at radius 3 is 2.57 bits per heavy atom. The van der Waals surface area contributed by atoms with E-state index in [0.717, 1.165) is 0 Å². The second-order valence-corrected chi connectivity index (χ2v) is 4.93. The van der Waals surface area contributed by atoms with Crippen molar-refractivity contribution in [3.05, 3.63) is 64.9 Å². The van der Waals surface area contributed by atoms with Crippen molar-refractivity contribution in [2.24, 2.45) is 0 Å². The van der Waals surface area contributed by atoms with Gasteiger partial charge in [-0.2, -0.15) is 0 Å². The summed E-state index contributed by atoms with van der Waals surface area (Å²) in [6.45, 7) is -0.747. The van der Waals surface area contributed by atoms with Gasteiger partial charge in [-0.25, -0.2) is 0 Å². The van der Waals surface area contributed by atoms with Crippen LogP contribution in [-0.2, 0) is 9.53 Å². The summed E-state index contributed by atoms with van der Waals surface area (Å²) in [6, 6.07) is 11.4. The number of amides is 1. The van der Waals surface area contributed by atoms with Gasteiger partial charge in [0.1, 0.15) is 12.2 Å². The third-order valence-electron chi connectivity index (χ3n) is 2.81. The van der Waals surface area contributed by atoms with E-state index in [0.29, 0.717) is 10.6 Å². The summed E-state index contributed by atoms with van der Waals surface area (Å²) in [5, 5.41) is 2.71. The molecule has 118 valence electrons. The maximum atomic E-state index is 11.8. The molecule has 0 spiro atoms. The van der Waals surface area contributed by atoms with Gasteiger partial charge in [0.05, 0.1) is 0 Å². The minimum absolute atomic E-state index is 0.0886. The van der Waals surface area contributed by atoms with Crippen molar-refractivity contribution in [1.82, 2.24) is 10.3 Å². The zero-order valence-electron chi connectivity index (χ0n) is 12.0. The number of carbonyl (C=O) groups excluding carboxylic acids is 3. The van der Waals surface area contributed by atoms with E-state index in [-0.39, 0.29) is 24.6 Å². The molecule has 7 heteroatoms. The molecule has 6 nitrogen and oxygen atoms in total. The second-order valence-electron chi connectivity index (χ2n) is 4.49. The van der Waals surface area contributed by atoms with E-state index in [1.54, 1.807) is 30.3 Å². The van der Waals surface area contributed by atoms with Crippen LogP contribution >= 0.6 is 11.6 Å². The largest absolute Gasteiger partial charge is 0.456 e. The van der Waals surface area contributed by atoms with Gasteiger partial charge in [-0.1, -0.05) is 41.9 Å². The number of ether oxygens (including phenoxy) is 1. The molecule has 1 aromatic heterocycles. The summed E-state index contributed by atoms with van der Waals surface area (Å²) in [4.78, 5) is 38.9. The number of carbonyl (C=O) groups is 3. The Labute approximate surface area is 137 Å². The normalized spacial score (nSPS) is 9.96. The Hall–Kier alpha value is -2.73. The maximum absolute atomic E-state index is 11.8. The Balaban J connectivity index is 1.77. The Bertz CT molecular complexity index is 719. The average Bonchev–Trinajstić information content (AvgIpc) is 2.58. The van der Waals surface area contributed by atoms with Gasteiger partial charge in [-0.3, -0.25) is 19.4 Å². The lowest BCUT2D eigenvalue weighted by Crippen LogP contribution is -2.32. The molecule has 0 fully saturated rings. The number of hydrogen-bond acceptors (Lipinski definition) is 5. The summed E-state index contributed by atoms with van der Waals surface area (Å²) >= 11 is 5.75. The topological polar surface area (TPSA) is 85.4 Å². The number of ketones is 1. The van der Waals surface area contributed by atoms with Crippen molar-refractivity contribution in [1.29, 1.82) is 0 Å². The van der Waals surface area contributed by atoms with Crippen LogP contribution in [0.25, 0.3) is 0 Å². The standard InChI is InChI=1S/C16H13ClN2O4/c17-12-6-7-18-13(8-12)16(22)19-9-15(21)23-10-14(20)11-4-2-1-3-5-11/h1-8H,9-10H2,(H,19,22). The quantitative estimate of drug-likeness (QED) is 0.645. The van der Waals surface area contributed by atoms with Gasteiger partial charge in [-0.05, 0) is 12.1 Å². The van der Waals surface area contributed by atoms with Gasteiger partial charge in [0.15, 0.2) is 12.4 Å². The first-order chi connectivity index (χ1) is 11.1. The monoisotopic (exact) mass is 332 g/mol. The number of pyridine rings is 1. The number of nitrogens with zero attached hydrogens (tertiary/aromatic N) is 1. The molecule has 23 heavy (non-hydrogen) atoms. The van der Waals surface area contributed by atoms with Crippen LogP contribution in [0, 0.1) is 0 Å². The highest BCUT2D eigenvalue weighted by Gasteiger charge is 2.12. The molecule has 0 aliphatic rings. The summed E-state index contributed by atoms with van der Waals surface area (Å²) in [5.41, 5.74) is 0.540. The molecule has 0 aliphatic heterocycles. The number of Topliss-reactive ketones (excluding diaryl/α,β-unsaturated/α-hetero) is 1. The second kappa shape index (κ2) is 8.05. The molecule has 0 saturated heterocycles. The summed E-state index contributed by atoms with van der Waals surface area (Å²) in [7, 11) is 0. The van der Waals surface area contributed by atoms with E-state index in [1.807, 2.05) is 0 Å². The molecular weight excluding hydrogens is 320 g/mol. The number of hydrogen-bond donors (Lipinski definition) is 1. The minimum Gasteiger partial charge on any atom is -0.456 e. The van der Waals surface area contributed by atoms with Gasteiger partial charge in [0, 0.05) is 16.8 Å². The lowest BCUT2D eigenvalue weighted by atomic mass is 10.1. The zero-order chi connectivity index (χ0) is 16.7. The average molecular weight is 333 g/mol. The molecule has 0 radical (unpaired) electrons. The Morgan fingerprint density at radius 2 is 1.87 bits per heavy atom. The SMILES string of the molecule is O=C(CNC(=O)c1cc(Cl)ccn1)OCC(=O)c1ccccc1. The first kappa shape index (κ1) is 16.6. The van der Waals surface area contributed by atoms with Crippen molar-refractivity contribution >= 4 is 29.3 Å². The van der Waals surface area contributed by atoms with Crippen LogP contribution in [0.1, 0.15) is 20.8 Å². The van der Waals surface area contributed by atoms with E-state index < -0.39 is 11.9 Å². The lowest BCUT2D eigenvalue weighted by Gasteiger charge is -2.06. The maximum Gasteiger partial charge on any atom is 0.325 e. The van der Waals surface area contributed by atoms with Gasteiger partial charge in [0.2, 0.25) is 0 Å². The third-order valence-corrected chi connectivity index (χ3v) is 3.04. The molecular formula is C16H13ClN2O4. The number of halogens is 1. The summed E-state index contributed by atoms with van der Waals surface area (Å²) in [5.74, 6) is -1.59. The Kier molecular flexibility index (Phi) is 5.82. The first-order valence-corrected chi connectivity index (χ1v) is 7.07. The van der Waals surface area contributed by atoms with Crippen molar-refractivity contribution in [2.75, 3.05) is 13.2 Å². The van der Waals surface area contributed by atoms with Crippen LogP contribution < -0.4 is 5.32 Å². The molecule has 1 heterocycles. The molecule has 0 bridgehead atoms. The molecule has 0 aliphatic carbocycles. The van der Waals surface area contributed by atoms with E-state index in [2.05, 4.69) is 10.3 Å². The summed E-state index contributed by atoms with van der Waals surface area (Å²) < 4.78 is 4.82. The molecule has 2 rings (SSSR count). The minimum atomic E-state index is -0.718. The molecule has 0 atom stereocenters. The highest BCUT2D eigenvalue weighted by molar-refractivity contribution is 6.30. The number of benzene rings is 1. The number of rotatable bonds is 6. The van der Waals surface area contributed by atoms with E-state index in [1.165, 1.54) is 18.3 Å². The van der Waals surface area contributed by atoms with Gasteiger partial charge in [0.25, 0.3) is 5.91 Å². The smallest absolute Gasteiger partial charge is 0.325 e. The molecule has 1 N–H and O–H groups in total. The van der Waals surface area contributed by atoms with Gasteiger partial charge < -0.3 is 10.1 Å². The van der Waals surface area contributed by atoms with Gasteiger partial charge in [-0.15, -0.1) is 0 Å². The predicted molar refractivity (Wildman–Crippen MR) is 83.3 cm³/mol. The van der Waals surface area contributed by atoms with Crippen LogP contribution in [0.15, 0.2) is 48.7 Å². The van der Waals surface area contributed by atoms with Crippen LogP contribution in [-0.4, -0.2) is 35.8 Å². The lowest BCUT2D eigenvalue weighted by molar-refractivity contribution is -0.141. The summed E-state index contributed by atoms with van der Waals surface area (Å²) in [6.07, 6.45) is 1.38. The molecule has 0 saturated carbocycles. The number of nitrogens with one attached hydrogen (secondary N) is 1. The fourth-order valence-corrected chi connectivity index (χ4v) is 1.84. The predicted octanol–water partition coefficient (Wildman–Crippen LogP) is 1.89. The van der Waals surface area contributed by atoms with Crippen LogP contribution in [0.4, 0.5) is 0 Å². The van der Waals surface area contributed by atoms with E-state index >= 15 is 0 Å². The zero-order valence-corrected chi connectivity index (χ0v) is 12.7. The fraction of sp³-hybridized carbons (Fsp3) is 0.125. The molecule has 1 amide bonds. The number of esters is 1. The number of aromatic nitrogens is 1. The first-order valence-electron chi connectivity index (χ1n) is 6.70. The highest BCUT2D eigenvalue weighted by atomic mass is 35.5. The van der Waals surface area contributed by atoms with Crippen molar-refractivity contribution in [3.8, 4) is 0 Å². The van der Waals surface area contributed by atoms with Crippen molar-refractivity contribution in [2.45, 2.75) is 0 Å². The van der Waals surface area contributed by atoms with E-state index in [4.69, 9.17) is 16.3 Å². The van der Waals surface area contributed by atoms with Gasteiger partial charge >= 0.3 is 5.97 Å². The highest BCUT2D eigenvalue weighted by Crippen LogP contribution is 2.07. The van der Waals surface area contributed by atoms with Crippen LogP contribution in [0.2, 0.25) is 5.02 Å². The fourth-order valence-electron chi connectivity index (χ4n) is 1.68. The Morgan fingerprint density at radius 1 is 1.13 bits per heavy atom. The van der Waals surface area contributed by atoms with Crippen LogP contribution in [0.3, 0.4) is 0 Å². The molecule has 0 unspecified atom stereocenters. The molecule has 1 aromatic carbocycles. The van der Waals surface area contributed by atoms with Crippen LogP contribution in [0.5, 0.6) is 0 Å². The molecule has 2 aromatic rings. The third kappa shape index (κ3) is 5.19. The van der Waals surface area contributed by atoms with Crippen molar-refractivity contribution in [3.63, 3.8) is 0 Å². The van der Waals surface area contributed by atoms with Crippen molar-refractivity contribution < 1.29 is 19.1 Å². The van der Waals surface area contributed by atoms with E-state index in [9.17, 15) is 14.4 Å².